The fraction of sp³-hybridized carbons (Fsp3) is 0.583. The van der Waals surface area contributed by atoms with Gasteiger partial charge in [-0.05, 0) is 38.7 Å². The van der Waals surface area contributed by atoms with E-state index in [-0.39, 0.29) is 18.0 Å². The van der Waals surface area contributed by atoms with Crippen LogP contribution in [0.25, 0.3) is 0 Å². The van der Waals surface area contributed by atoms with Gasteiger partial charge in [-0.25, -0.2) is 4.79 Å². The van der Waals surface area contributed by atoms with E-state index in [1.54, 1.807) is 13.8 Å². The van der Waals surface area contributed by atoms with E-state index in [1.165, 1.54) is 0 Å². The van der Waals surface area contributed by atoms with Gasteiger partial charge in [-0.1, -0.05) is 0 Å². The topological polar surface area (TPSA) is 95.3 Å². The molecule has 1 heterocycles. The molecule has 0 atom stereocenters. The number of nitrogens with zero attached hydrogens (tertiary/aromatic N) is 2. The van der Waals surface area contributed by atoms with E-state index >= 15 is 0 Å². The number of aromatic nitrogens is 2. The lowest BCUT2D eigenvalue weighted by Crippen LogP contribution is -2.49. The first-order valence-electron chi connectivity index (χ1n) is 5.95. The van der Waals surface area contributed by atoms with Gasteiger partial charge < -0.3 is 15.5 Å². The van der Waals surface area contributed by atoms with Crippen molar-refractivity contribution in [3.05, 3.63) is 16.8 Å². The molecule has 0 aliphatic heterocycles. The van der Waals surface area contributed by atoms with Crippen molar-refractivity contribution in [3.8, 4) is 0 Å². The molecule has 0 spiro atoms. The number of aryl methyl sites for hydroxylation is 1. The lowest BCUT2D eigenvalue weighted by Gasteiger charge is -2.41. The third-order valence-electron chi connectivity index (χ3n) is 3.67. The lowest BCUT2D eigenvalue weighted by molar-refractivity contribution is 0.0695. The van der Waals surface area contributed by atoms with Crippen LogP contribution in [0.15, 0.2) is 0 Å². The molecule has 3 N–H and O–H groups in total. The van der Waals surface area contributed by atoms with Crippen molar-refractivity contribution in [1.29, 1.82) is 0 Å². The smallest absolute Gasteiger partial charge is 0.339 e. The van der Waals surface area contributed by atoms with E-state index in [4.69, 9.17) is 0 Å². The second kappa shape index (κ2) is 4.53. The average molecular weight is 251 g/mol. The first kappa shape index (κ1) is 12.8. The number of aliphatic hydroxyl groups is 1. The molecule has 1 fully saturated rings. The minimum atomic E-state index is -1.03. The molecule has 98 valence electrons. The summed E-state index contributed by atoms with van der Waals surface area (Å²) >= 11 is 0. The average Bonchev–Trinajstić information content (AvgIpc) is 2.27. The summed E-state index contributed by atoms with van der Waals surface area (Å²) in [6.07, 6.45) is 2.66. The number of aliphatic hydroxyl groups excluding tert-OH is 1. The van der Waals surface area contributed by atoms with Crippen molar-refractivity contribution in [1.82, 2.24) is 10.2 Å². The Balaban J connectivity index is 2.38. The van der Waals surface area contributed by atoms with Gasteiger partial charge in [0.2, 0.25) is 0 Å². The van der Waals surface area contributed by atoms with Crippen LogP contribution in [-0.4, -0.2) is 38.5 Å². The van der Waals surface area contributed by atoms with Crippen molar-refractivity contribution < 1.29 is 15.0 Å². The molecule has 0 amide bonds. The number of hydrogen-bond acceptors (Lipinski definition) is 5. The summed E-state index contributed by atoms with van der Waals surface area (Å²) in [5.74, 6) is -0.778. The van der Waals surface area contributed by atoms with Crippen LogP contribution in [0.2, 0.25) is 0 Å². The number of aromatic carboxylic acids is 1. The molecule has 6 heteroatoms. The predicted octanol–water partition coefficient (Wildman–Crippen LogP) is 1.12. The zero-order chi connectivity index (χ0) is 13.3. The molecular weight excluding hydrogens is 234 g/mol. The molecule has 1 aromatic rings. The van der Waals surface area contributed by atoms with Gasteiger partial charge in [0.05, 0.1) is 17.8 Å². The fourth-order valence-corrected chi connectivity index (χ4v) is 2.14. The highest BCUT2D eigenvalue weighted by Gasteiger charge is 2.37. The van der Waals surface area contributed by atoms with Gasteiger partial charge >= 0.3 is 5.97 Å². The molecule has 1 saturated carbocycles. The van der Waals surface area contributed by atoms with Crippen LogP contribution >= 0.6 is 0 Å². The zero-order valence-electron chi connectivity index (χ0n) is 10.5. The maximum Gasteiger partial charge on any atom is 0.339 e. The number of anilines is 1. The molecule has 6 nitrogen and oxygen atoms in total. The van der Waals surface area contributed by atoms with Crippen LogP contribution in [0.1, 0.15) is 40.9 Å². The maximum absolute atomic E-state index is 11.3. The Kier molecular flexibility index (Phi) is 3.21. The number of carboxylic acids is 1. The summed E-state index contributed by atoms with van der Waals surface area (Å²) in [6, 6.07) is 0. The van der Waals surface area contributed by atoms with E-state index < -0.39 is 11.5 Å². The van der Waals surface area contributed by atoms with Gasteiger partial charge in [0.25, 0.3) is 0 Å². The van der Waals surface area contributed by atoms with Gasteiger partial charge in [0.15, 0.2) is 5.82 Å². The van der Waals surface area contributed by atoms with Crippen LogP contribution in [0, 0.1) is 13.8 Å². The van der Waals surface area contributed by atoms with Crippen molar-refractivity contribution in [2.24, 2.45) is 0 Å². The molecule has 2 rings (SSSR count). The monoisotopic (exact) mass is 251 g/mol. The highest BCUT2D eigenvalue weighted by atomic mass is 16.4. The second-order valence-electron chi connectivity index (χ2n) is 4.86. The maximum atomic E-state index is 11.3. The van der Waals surface area contributed by atoms with E-state index in [0.717, 1.165) is 19.3 Å². The SMILES string of the molecule is Cc1nnc(NC2(CO)CCC2)c(C(=O)O)c1C. The minimum Gasteiger partial charge on any atom is -0.478 e. The van der Waals surface area contributed by atoms with Crippen LogP contribution in [0.4, 0.5) is 5.82 Å². The van der Waals surface area contributed by atoms with E-state index in [2.05, 4.69) is 15.5 Å². The summed E-state index contributed by atoms with van der Waals surface area (Å²) in [7, 11) is 0. The first-order chi connectivity index (χ1) is 8.49. The standard InChI is InChI=1S/C12H17N3O3/c1-7-8(2)14-15-10(9(7)11(17)18)13-12(6-16)4-3-5-12/h16H,3-6H2,1-2H3,(H,13,15)(H,17,18). The fourth-order valence-electron chi connectivity index (χ4n) is 2.14. The second-order valence-corrected chi connectivity index (χ2v) is 4.86. The lowest BCUT2D eigenvalue weighted by atomic mass is 9.77. The third-order valence-corrected chi connectivity index (χ3v) is 3.67. The minimum absolute atomic E-state index is 0.0271. The van der Waals surface area contributed by atoms with Crippen molar-refractivity contribution in [2.45, 2.75) is 38.6 Å². The van der Waals surface area contributed by atoms with Gasteiger partial charge in [0.1, 0.15) is 5.56 Å². The number of hydrogen-bond donors (Lipinski definition) is 3. The van der Waals surface area contributed by atoms with Gasteiger partial charge in [-0.3, -0.25) is 0 Å². The Labute approximate surface area is 105 Å². The quantitative estimate of drug-likeness (QED) is 0.742. The summed E-state index contributed by atoms with van der Waals surface area (Å²) < 4.78 is 0. The van der Waals surface area contributed by atoms with Crippen LogP contribution in [0.3, 0.4) is 0 Å². The van der Waals surface area contributed by atoms with Gasteiger partial charge in [-0.15, -0.1) is 5.10 Å². The molecule has 18 heavy (non-hydrogen) atoms. The molecule has 1 aliphatic rings. The van der Waals surface area contributed by atoms with Gasteiger partial charge in [0, 0.05) is 0 Å². The highest BCUT2D eigenvalue weighted by Crippen LogP contribution is 2.35. The molecule has 1 aliphatic carbocycles. The van der Waals surface area contributed by atoms with Crippen LogP contribution < -0.4 is 5.32 Å². The number of carbonyl (C=O) groups is 1. The molecule has 0 aromatic carbocycles. The van der Waals surface area contributed by atoms with Crippen LogP contribution in [0.5, 0.6) is 0 Å². The summed E-state index contributed by atoms with van der Waals surface area (Å²) in [5.41, 5.74) is 0.917. The van der Waals surface area contributed by atoms with E-state index in [1.807, 2.05) is 0 Å². The third kappa shape index (κ3) is 2.03. The Morgan fingerprint density at radius 1 is 1.39 bits per heavy atom. The highest BCUT2D eigenvalue weighted by molar-refractivity contribution is 5.95. The number of nitrogens with one attached hydrogen (secondary N) is 1. The molecular formula is C12H17N3O3. The van der Waals surface area contributed by atoms with E-state index in [9.17, 15) is 15.0 Å². The van der Waals surface area contributed by atoms with Crippen molar-refractivity contribution in [2.75, 3.05) is 11.9 Å². The van der Waals surface area contributed by atoms with Gasteiger partial charge in [-0.2, -0.15) is 5.10 Å². The predicted molar refractivity (Wildman–Crippen MR) is 65.8 cm³/mol. The summed E-state index contributed by atoms with van der Waals surface area (Å²) in [4.78, 5) is 11.3. The summed E-state index contributed by atoms with van der Waals surface area (Å²) in [5, 5.41) is 29.6. The number of carboxylic acid groups (broad SMARTS) is 1. The van der Waals surface area contributed by atoms with Crippen LogP contribution in [-0.2, 0) is 0 Å². The first-order valence-corrected chi connectivity index (χ1v) is 5.95. The van der Waals surface area contributed by atoms with E-state index in [0.29, 0.717) is 11.3 Å². The van der Waals surface area contributed by atoms with Crippen molar-refractivity contribution in [3.63, 3.8) is 0 Å². The Morgan fingerprint density at radius 2 is 2.06 bits per heavy atom. The Bertz CT molecular complexity index is 478. The summed E-state index contributed by atoms with van der Waals surface area (Å²) in [6.45, 7) is 3.41. The molecule has 0 bridgehead atoms. The normalized spacial score (nSPS) is 17.1. The Morgan fingerprint density at radius 3 is 2.50 bits per heavy atom. The molecule has 1 aromatic heterocycles. The molecule has 0 saturated heterocycles. The Hall–Kier alpha value is -1.69. The largest absolute Gasteiger partial charge is 0.478 e. The van der Waals surface area contributed by atoms with Crippen molar-refractivity contribution >= 4 is 11.8 Å². The zero-order valence-corrected chi connectivity index (χ0v) is 10.5. The molecule has 0 radical (unpaired) electrons. The number of rotatable bonds is 4. The molecule has 0 unspecified atom stereocenters.